The van der Waals surface area contributed by atoms with Crippen LogP contribution in [0.1, 0.15) is 31.1 Å². The van der Waals surface area contributed by atoms with E-state index in [1.165, 1.54) is 6.07 Å². The Labute approximate surface area is 119 Å². The monoisotopic (exact) mass is 324 g/mol. The Morgan fingerprint density at radius 2 is 2.05 bits per heavy atom. The molecule has 1 heterocycles. The molecule has 2 rings (SSSR count). The Balaban J connectivity index is 2.58. The van der Waals surface area contributed by atoms with Crippen LogP contribution in [0, 0.1) is 5.82 Å². The van der Waals surface area contributed by atoms with E-state index in [1.807, 2.05) is 20.8 Å². The highest BCUT2D eigenvalue weighted by Crippen LogP contribution is 2.27. The summed E-state index contributed by atoms with van der Waals surface area (Å²) in [5, 5.41) is 4.40. The van der Waals surface area contributed by atoms with Gasteiger partial charge in [0.05, 0.1) is 15.6 Å². The van der Waals surface area contributed by atoms with E-state index >= 15 is 0 Å². The van der Waals surface area contributed by atoms with Gasteiger partial charge in [-0.25, -0.2) is 4.39 Å². The van der Waals surface area contributed by atoms with Crippen molar-refractivity contribution in [3.05, 3.63) is 40.2 Å². The van der Waals surface area contributed by atoms with Gasteiger partial charge >= 0.3 is 0 Å². The van der Waals surface area contributed by atoms with Crippen molar-refractivity contribution in [1.29, 1.82) is 0 Å². The molecule has 0 spiro atoms. The number of hydrogen-bond donors (Lipinski definition) is 0. The van der Waals surface area contributed by atoms with Crippen LogP contribution < -0.4 is 0 Å². The average Bonchev–Trinajstić information content (AvgIpc) is 2.76. The van der Waals surface area contributed by atoms with Crippen LogP contribution in [0.3, 0.4) is 0 Å². The minimum Gasteiger partial charge on any atom is -0.298 e. The first kappa shape index (κ1) is 13.9. The third-order valence-electron chi connectivity index (χ3n) is 2.75. The van der Waals surface area contributed by atoms with Gasteiger partial charge in [0.25, 0.3) is 0 Å². The summed E-state index contributed by atoms with van der Waals surface area (Å²) in [6.45, 7) is 5.96. The molecular weight excluding hydrogens is 311 g/mol. The fourth-order valence-electron chi connectivity index (χ4n) is 1.68. The lowest BCUT2D eigenvalue weighted by Gasteiger charge is -2.18. The van der Waals surface area contributed by atoms with Crippen molar-refractivity contribution < 1.29 is 9.18 Å². The Bertz CT molecular complexity index is 629. The van der Waals surface area contributed by atoms with Gasteiger partial charge in [-0.15, -0.1) is 0 Å². The lowest BCUT2D eigenvalue weighted by molar-refractivity contribution is 0.112. The van der Waals surface area contributed by atoms with Crippen molar-refractivity contribution in [2.45, 2.75) is 26.3 Å². The molecule has 0 aliphatic carbocycles. The second kappa shape index (κ2) is 4.89. The van der Waals surface area contributed by atoms with Crippen LogP contribution in [-0.4, -0.2) is 16.1 Å². The molecule has 0 saturated heterocycles. The van der Waals surface area contributed by atoms with Gasteiger partial charge in [-0.2, -0.15) is 5.10 Å². The van der Waals surface area contributed by atoms with E-state index in [0.29, 0.717) is 21.3 Å². The van der Waals surface area contributed by atoms with Gasteiger partial charge in [0.15, 0.2) is 6.29 Å². The van der Waals surface area contributed by atoms with Crippen molar-refractivity contribution in [2.24, 2.45) is 0 Å². The number of aldehydes is 1. The van der Waals surface area contributed by atoms with E-state index in [0.717, 1.165) is 6.29 Å². The summed E-state index contributed by atoms with van der Waals surface area (Å²) in [4.78, 5) is 11.1. The largest absolute Gasteiger partial charge is 0.298 e. The van der Waals surface area contributed by atoms with Crippen LogP contribution in [0.25, 0.3) is 11.3 Å². The van der Waals surface area contributed by atoms with Gasteiger partial charge in [0.2, 0.25) is 0 Å². The molecule has 1 aromatic heterocycles. The molecule has 0 aliphatic heterocycles. The highest BCUT2D eigenvalue weighted by atomic mass is 79.9. The molecule has 0 saturated carbocycles. The Kier molecular flexibility index (Phi) is 3.58. The van der Waals surface area contributed by atoms with Crippen LogP contribution in [0.15, 0.2) is 28.9 Å². The third-order valence-corrected chi connectivity index (χ3v) is 3.39. The zero-order chi connectivity index (χ0) is 14.2. The van der Waals surface area contributed by atoms with Crippen molar-refractivity contribution in [3.8, 4) is 11.3 Å². The van der Waals surface area contributed by atoms with E-state index < -0.39 is 0 Å². The van der Waals surface area contributed by atoms with Crippen LogP contribution in [0.5, 0.6) is 0 Å². The SMILES string of the molecule is CC(C)(C)n1cc(C=O)c(-c2ccc(Br)c(F)c2)n1. The first-order valence-corrected chi connectivity index (χ1v) is 6.63. The van der Waals surface area contributed by atoms with Crippen LogP contribution >= 0.6 is 15.9 Å². The summed E-state index contributed by atoms with van der Waals surface area (Å²) in [5.74, 6) is -0.375. The first-order chi connectivity index (χ1) is 8.82. The Morgan fingerprint density at radius 3 is 2.58 bits per heavy atom. The maximum atomic E-state index is 13.6. The number of halogens is 2. The quantitative estimate of drug-likeness (QED) is 0.782. The van der Waals surface area contributed by atoms with E-state index in [-0.39, 0.29) is 11.4 Å². The smallest absolute Gasteiger partial charge is 0.153 e. The maximum absolute atomic E-state index is 13.6. The topological polar surface area (TPSA) is 34.9 Å². The minimum atomic E-state index is -0.375. The van der Waals surface area contributed by atoms with Crippen LogP contribution in [0.4, 0.5) is 4.39 Å². The predicted molar refractivity (Wildman–Crippen MR) is 75.7 cm³/mol. The van der Waals surface area contributed by atoms with Gasteiger partial charge < -0.3 is 0 Å². The average molecular weight is 325 g/mol. The normalized spacial score (nSPS) is 11.6. The summed E-state index contributed by atoms with van der Waals surface area (Å²) in [7, 11) is 0. The molecule has 0 atom stereocenters. The van der Waals surface area contributed by atoms with Gasteiger partial charge in [-0.3, -0.25) is 9.48 Å². The van der Waals surface area contributed by atoms with Gasteiger partial charge in [-0.1, -0.05) is 6.07 Å². The summed E-state index contributed by atoms with van der Waals surface area (Å²) < 4.78 is 15.7. The fraction of sp³-hybridized carbons (Fsp3) is 0.286. The molecule has 2 aromatic rings. The number of rotatable bonds is 2. The molecule has 0 aliphatic rings. The highest BCUT2D eigenvalue weighted by molar-refractivity contribution is 9.10. The molecule has 0 fully saturated rings. The summed E-state index contributed by atoms with van der Waals surface area (Å²) >= 11 is 3.10. The van der Waals surface area contributed by atoms with Crippen molar-refractivity contribution in [1.82, 2.24) is 9.78 Å². The van der Waals surface area contributed by atoms with Crippen molar-refractivity contribution in [3.63, 3.8) is 0 Å². The van der Waals surface area contributed by atoms with E-state index in [9.17, 15) is 9.18 Å². The summed E-state index contributed by atoms with van der Waals surface area (Å²) in [6.07, 6.45) is 2.42. The lowest BCUT2D eigenvalue weighted by Crippen LogP contribution is -2.22. The molecule has 0 radical (unpaired) electrons. The zero-order valence-electron chi connectivity index (χ0n) is 10.9. The fourth-order valence-corrected chi connectivity index (χ4v) is 1.93. The molecule has 3 nitrogen and oxygen atoms in total. The number of carbonyl (C=O) groups excluding carboxylic acids is 1. The number of nitrogens with zero attached hydrogens (tertiary/aromatic N) is 2. The maximum Gasteiger partial charge on any atom is 0.153 e. The van der Waals surface area contributed by atoms with Gasteiger partial charge in [0, 0.05) is 11.8 Å². The Hall–Kier alpha value is -1.49. The first-order valence-electron chi connectivity index (χ1n) is 5.83. The standard InChI is InChI=1S/C14H14BrFN2O/c1-14(2,3)18-7-10(8-19)13(17-18)9-4-5-11(15)12(16)6-9/h4-8H,1-3H3. The number of hydrogen-bond acceptors (Lipinski definition) is 2. The van der Waals surface area contributed by atoms with Crippen LogP contribution in [0.2, 0.25) is 0 Å². The second-order valence-electron chi connectivity index (χ2n) is 5.30. The van der Waals surface area contributed by atoms with Gasteiger partial charge in [-0.05, 0) is 48.8 Å². The zero-order valence-corrected chi connectivity index (χ0v) is 12.5. The molecule has 0 unspecified atom stereocenters. The molecule has 0 amide bonds. The number of benzene rings is 1. The molecule has 1 aromatic carbocycles. The van der Waals surface area contributed by atoms with E-state index in [1.54, 1.807) is 23.0 Å². The minimum absolute atomic E-state index is 0.232. The summed E-state index contributed by atoms with van der Waals surface area (Å²) in [6, 6.07) is 4.71. The lowest BCUT2D eigenvalue weighted by atomic mass is 10.1. The third kappa shape index (κ3) is 2.76. The van der Waals surface area contributed by atoms with Crippen LogP contribution in [-0.2, 0) is 5.54 Å². The number of carbonyl (C=O) groups is 1. The van der Waals surface area contributed by atoms with E-state index in [4.69, 9.17) is 0 Å². The summed E-state index contributed by atoms with van der Waals surface area (Å²) in [5.41, 5.74) is 1.31. The Morgan fingerprint density at radius 1 is 1.37 bits per heavy atom. The molecule has 100 valence electrons. The van der Waals surface area contributed by atoms with Gasteiger partial charge in [0.1, 0.15) is 11.5 Å². The molecule has 19 heavy (non-hydrogen) atoms. The molecule has 0 bridgehead atoms. The molecule has 5 heteroatoms. The second-order valence-corrected chi connectivity index (χ2v) is 6.15. The van der Waals surface area contributed by atoms with Crippen molar-refractivity contribution in [2.75, 3.05) is 0 Å². The van der Waals surface area contributed by atoms with Crippen molar-refractivity contribution >= 4 is 22.2 Å². The molecular formula is C14H14BrFN2O. The van der Waals surface area contributed by atoms with E-state index in [2.05, 4.69) is 21.0 Å². The number of aromatic nitrogens is 2. The predicted octanol–water partition coefficient (Wildman–Crippen LogP) is 4.02. The molecule has 0 N–H and O–H groups in total. The highest BCUT2D eigenvalue weighted by Gasteiger charge is 2.19.